The maximum absolute atomic E-state index is 13.9. The lowest BCUT2D eigenvalue weighted by Gasteiger charge is -2.35. The molecule has 0 amide bonds. The molecule has 0 radical (unpaired) electrons. The zero-order valence-corrected chi connectivity index (χ0v) is 13.4. The van der Waals surface area contributed by atoms with Crippen molar-refractivity contribution in [2.24, 2.45) is 5.92 Å². The van der Waals surface area contributed by atoms with Crippen LogP contribution in [0.2, 0.25) is 0 Å². The number of benzene rings is 1. The van der Waals surface area contributed by atoms with E-state index in [1.807, 2.05) is 0 Å². The molecule has 2 rings (SSSR count). The molecule has 1 aromatic carbocycles. The number of rotatable bonds is 4. The molecule has 7 heteroatoms. The third-order valence-electron chi connectivity index (χ3n) is 4.08. The van der Waals surface area contributed by atoms with Crippen LogP contribution in [0.15, 0.2) is 18.2 Å². The second kappa shape index (κ2) is 6.34. The van der Waals surface area contributed by atoms with Gasteiger partial charge in [-0.2, -0.15) is 4.31 Å². The second-order valence-corrected chi connectivity index (χ2v) is 7.80. The van der Waals surface area contributed by atoms with Crippen molar-refractivity contribution < 1.29 is 22.7 Å². The lowest BCUT2D eigenvalue weighted by molar-refractivity contribution is -0.143. The summed E-state index contributed by atoms with van der Waals surface area (Å²) in [7, 11) is -3.76. The fourth-order valence-electron chi connectivity index (χ4n) is 2.71. The van der Waals surface area contributed by atoms with E-state index in [0.29, 0.717) is 12.8 Å². The summed E-state index contributed by atoms with van der Waals surface area (Å²) in [4.78, 5) is 11.1. The Morgan fingerprint density at radius 3 is 2.68 bits per heavy atom. The van der Waals surface area contributed by atoms with Gasteiger partial charge in [0.25, 0.3) is 0 Å². The zero-order chi connectivity index (χ0) is 16.5. The number of carbonyl (C=O) groups is 1. The van der Waals surface area contributed by atoms with Gasteiger partial charge in [-0.3, -0.25) is 4.79 Å². The fraction of sp³-hybridized carbons (Fsp3) is 0.533. The lowest BCUT2D eigenvalue weighted by atomic mass is 9.96. The molecule has 0 saturated carbocycles. The number of piperidine rings is 1. The van der Waals surface area contributed by atoms with E-state index < -0.39 is 33.5 Å². The van der Waals surface area contributed by atoms with Gasteiger partial charge in [-0.25, -0.2) is 12.8 Å². The molecule has 0 aliphatic carbocycles. The number of carboxylic acid groups (broad SMARTS) is 1. The molecule has 1 saturated heterocycles. The first kappa shape index (κ1) is 16.9. The van der Waals surface area contributed by atoms with Gasteiger partial charge >= 0.3 is 5.97 Å². The second-order valence-electron chi connectivity index (χ2n) is 5.88. The molecule has 5 nitrogen and oxygen atoms in total. The molecule has 1 heterocycles. The minimum atomic E-state index is -3.76. The highest BCUT2D eigenvalue weighted by Crippen LogP contribution is 2.27. The first-order chi connectivity index (χ1) is 10.2. The monoisotopic (exact) mass is 329 g/mol. The Labute approximate surface area is 129 Å². The molecule has 2 unspecified atom stereocenters. The Morgan fingerprint density at radius 1 is 1.41 bits per heavy atom. The van der Waals surface area contributed by atoms with Crippen molar-refractivity contribution in [3.8, 4) is 0 Å². The Hall–Kier alpha value is -1.47. The van der Waals surface area contributed by atoms with Gasteiger partial charge in [-0.1, -0.05) is 12.1 Å². The zero-order valence-electron chi connectivity index (χ0n) is 12.6. The number of aryl methyl sites for hydroxylation is 1. The predicted molar refractivity (Wildman–Crippen MR) is 80.3 cm³/mol. The molecule has 1 fully saturated rings. The smallest absolute Gasteiger partial charge is 0.307 e. The van der Waals surface area contributed by atoms with Crippen LogP contribution < -0.4 is 0 Å². The Balaban J connectivity index is 2.23. The Morgan fingerprint density at radius 2 is 2.09 bits per heavy atom. The van der Waals surface area contributed by atoms with E-state index >= 15 is 0 Å². The maximum atomic E-state index is 13.9. The van der Waals surface area contributed by atoms with Crippen LogP contribution in [0.4, 0.5) is 4.39 Å². The molecule has 1 aliphatic heterocycles. The van der Waals surface area contributed by atoms with Crippen molar-refractivity contribution in [3.63, 3.8) is 0 Å². The van der Waals surface area contributed by atoms with Crippen LogP contribution in [-0.4, -0.2) is 36.4 Å². The number of nitrogens with zero attached hydrogens (tertiary/aromatic N) is 1. The minimum Gasteiger partial charge on any atom is -0.481 e. The number of halogens is 1. The van der Waals surface area contributed by atoms with Crippen LogP contribution >= 0.6 is 0 Å². The number of aliphatic carboxylic acids is 1. The number of carboxylic acids is 1. The molecule has 1 N–H and O–H groups in total. The SMILES string of the molecule is Cc1ccc(CS(=O)(=O)N2CC(C(=O)O)CCC2C)c(F)c1. The summed E-state index contributed by atoms with van der Waals surface area (Å²) < 4.78 is 40.2. The number of hydrogen-bond donors (Lipinski definition) is 1. The third-order valence-corrected chi connectivity index (χ3v) is 5.98. The van der Waals surface area contributed by atoms with Crippen molar-refractivity contribution in [2.75, 3.05) is 6.54 Å². The van der Waals surface area contributed by atoms with Gasteiger partial charge in [-0.05, 0) is 38.3 Å². The highest BCUT2D eigenvalue weighted by molar-refractivity contribution is 7.88. The minimum absolute atomic E-state index is 0.0493. The van der Waals surface area contributed by atoms with Gasteiger partial charge in [-0.15, -0.1) is 0 Å². The molecule has 1 aliphatic rings. The highest BCUT2D eigenvalue weighted by atomic mass is 32.2. The molecule has 0 aromatic heterocycles. The summed E-state index contributed by atoms with van der Waals surface area (Å²) in [6.07, 6.45) is 0.952. The molecule has 122 valence electrons. The molecule has 22 heavy (non-hydrogen) atoms. The molecule has 2 atom stereocenters. The topological polar surface area (TPSA) is 74.7 Å². The largest absolute Gasteiger partial charge is 0.481 e. The summed E-state index contributed by atoms with van der Waals surface area (Å²) in [6, 6.07) is 4.15. The van der Waals surface area contributed by atoms with Gasteiger partial charge in [0.05, 0.1) is 11.7 Å². The average molecular weight is 329 g/mol. The Bertz CT molecular complexity index is 674. The van der Waals surface area contributed by atoms with E-state index in [1.54, 1.807) is 19.9 Å². The standard InChI is InChI=1S/C15H20FNO4S/c1-10-3-5-13(14(16)7-10)9-22(20,21)17-8-12(15(18)19)6-4-11(17)2/h3,5,7,11-12H,4,6,8-9H2,1-2H3,(H,18,19). The summed E-state index contributed by atoms with van der Waals surface area (Å²) in [5.74, 6) is -2.69. The van der Waals surface area contributed by atoms with E-state index in [-0.39, 0.29) is 18.2 Å². The summed E-state index contributed by atoms with van der Waals surface area (Å²) >= 11 is 0. The molecule has 0 bridgehead atoms. The first-order valence-corrected chi connectivity index (χ1v) is 8.79. The van der Waals surface area contributed by atoms with Crippen molar-refractivity contribution in [3.05, 3.63) is 35.1 Å². The van der Waals surface area contributed by atoms with Crippen LogP contribution in [0.25, 0.3) is 0 Å². The quantitative estimate of drug-likeness (QED) is 0.918. The van der Waals surface area contributed by atoms with Crippen molar-refractivity contribution in [1.29, 1.82) is 0 Å². The molecular formula is C15H20FNO4S. The maximum Gasteiger partial charge on any atom is 0.307 e. The predicted octanol–water partition coefficient (Wildman–Crippen LogP) is 2.15. The fourth-order valence-corrected chi connectivity index (χ4v) is 4.57. The van der Waals surface area contributed by atoms with E-state index in [1.165, 1.54) is 16.4 Å². The van der Waals surface area contributed by atoms with Crippen LogP contribution in [0.1, 0.15) is 30.9 Å². The van der Waals surface area contributed by atoms with Gasteiger partial charge in [0.2, 0.25) is 10.0 Å². The van der Waals surface area contributed by atoms with Crippen LogP contribution in [0, 0.1) is 18.7 Å². The van der Waals surface area contributed by atoms with Crippen LogP contribution in [0.5, 0.6) is 0 Å². The van der Waals surface area contributed by atoms with Crippen molar-refractivity contribution >= 4 is 16.0 Å². The van der Waals surface area contributed by atoms with Crippen molar-refractivity contribution in [2.45, 2.75) is 38.5 Å². The Kier molecular flexibility index (Phi) is 4.87. The van der Waals surface area contributed by atoms with E-state index in [2.05, 4.69) is 0 Å². The highest BCUT2D eigenvalue weighted by Gasteiger charge is 2.36. The van der Waals surface area contributed by atoms with Gasteiger partial charge in [0.15, 0.2) is 0 Å². The summed E-state index contributed by atoms with van der Waals surface area (Å²) in [5, 5.41) is 9.09. The van der Waals surface area contributed by atoms with Crippen molar-refractivity contribution in [1.82, 2.24) is 4.31 Å². The van der Waals surface area contributed by atoms with E-state index in [9.17, 15) is 17.6 Å². The van der Waals surface area contributed by atoms with E-state index in [0.717, 1.165) is 5.56 Å². The summed E-state index contributed by atoms with van der Waals surface area (Å²) in [5.41, 5.74) is 0.825. The molecule has 0 spiro atoms. The lowest BCUT2D eigenvalue weighted by Crippen LogP contribution is -2.47. The normalized spacial score (nSPS) is 23.4. The van der Waals surface area contributed by atoms with E-state index in [4.69, 9.17) is 5.11 Å². The number of sulfonamides is 1. The molecular weight excluding hydrogens is 309 g/mol. The van der Waals surface area contributed by atoms with Gasteiger partial charge < -0.3 is 5.11 Å². The average Bonchev–Trinajstić information content (AvgIpc) is 2.42. The van der Waals surface area contributed by atoms with Gasteiger partial charge in [0.1, 0.15) is 5.82 Å². The van der Waals surface area contributed by atoms with Crippen LogP contribution in [-0.2, 0) is 20.6 Å². The van der Waals surface area contributed by atoms with Crippen LogP contribution in [0.3, 0.4) is 0 Å². The number of hydrogen-bond acceptors (Lipinski definition) is 3. The summed E-state index contributed by atoms with van der Waals surface area (Å²) in [6.45, 7) is 3.43. The third kappa shape index (κ3) is 3.64. The first-order valence-electron chi connectivity index (χ1n) is 7.18. The molecule has 1 aromatic rings. The van der Waals surface area contributed by atoms with Gasteiger partial charge in [0, 0.05) is 18.2 Å².